The van der Waals surface area contributed by atoms with Crippen molar-refractivity contribution >= 4 is 23.2 Å². The van der Waals surface area contributed by atoms with E-state index in [1.165, 1.54) is 4.90 Å². The summed E-state index contributed by atoms with van der Waals surface area (Å²) in [5.74, 6) is -1.96. The van der Waals surface area contributed by atoms with Crippen LogP contribution in [0.5, 0.6) is 0 Å². The number of anilines is 2. The van der Waals surface area contributed by atoms with Crippen molar-refractivity contribution in [3.8, 4) is 0 Å². The highest BCUT2D eigenvalue weighted by molar-refractivity contribution is 5.94. The van der Waals surface area contributed by atoms with Crippen LogP contribution in [0.15, 0.2) is 42.5 Å². The summed E-state index contributed by atoms with van der Waals surface area (Å²) in [5, 5.41) is 5.22. The van der Waals surface area contributed by atoms with E-state index in [0.717, 1.165) is 23.8 Å². The van der Waals surface area contributed by atoms with E-state index in [-0.39, 0.29) is 24.6 Å². The summed E-state index contributed by atoms with van der Waals surface area (Å²) < 4.78 is 26.7. The SMILES string of the molecule is CN(C)C(=O)Cc1ccccc1NCC(=O)Nc1cc(F)ccc1F. The van der Waals surface area contributed by atoms with E-state index in [2.05, 4.69) is 10.6 Å². The standard InChI is InChI=1S/C18H19F2N3O2/c1-23(2)18(25)9-12-5-3-4-6-15(12)21-11-17(24)22-16-10-13(19)7-8-14(16)20/h3-8,10,21H,9,11H2,1-2H3,(H,22,24). The van der Waals surface area contributed by atoms with Gasteiger partial charge in [0.15, 0.2) is 0 Å². The van der Waals surface area contributed by atoms with Crippen molar-refractivity contribution in [2.75, 3.05) is 31.3 Å². The minimum Gasteiger partial charge on any atom is -0.376 e. The molecule has 25 heavy (non-hydrogen) atoms. The van der Waals surface area contributed by atoms with Gasteiger partial charge < -0.3 is 15.5 Å². The number of halogens is 2. The highest BCUT2D eigenvalue weighted by Crippen LogP contribution is 2.17. The number of carbonyl (C=O) groups is 2. The van der Waals surface area contributed by atoms with E-state index < -0.39 is 17.5 Å². The van der Waals surface area contributed by atoms with Gasteiger partial charge in [-0.05, 0) is 23.8 Å². The average Bonchev–Trinajstić information content (AvgIpc) is 2.57. The number of likely N-dealkylation sites (N-methyl/N-ethyl adjacent to an activating group) is 1. The first-order valence-corrected chi connectivity index (χ1v) is 7.63. The lowest BCUT2D eigenvalue weighted by Crippen LogP contribution is -2.25. The predicted octanol–water partition coefficient (Wildman–Crippen LogP) is 2.65. The van der Waals surface area contributed by atoms with Crippen LogP contribution in [0, 0.1) is 11.6 Å². The van der Waals surface area contributed by atoms with Crippen LogP contribution >= 0.6 is 0 Å². The average molecular weight is 347 g/mol. The normalized spacial score (nSPS) is 10.2. The van der Waals surface area contributed by atoms with Gasteiger partial charge in [0.1, 0.15) is 11.6 Å². The third-order valence-electron chi connectivity index (χ3n) is 3.50. The highest BCUT2D eigenvalue weighted by Gasteiger charge is 2.11. The number of para-hydroxylation sites is 1. The number of nitrogens with zero attached hydrogens (tertiary/aromatic N) is 1. The molecule has 0 aromatic heterocycles. The summed E-state index contributed by atoms with van der Waals surface area (Å²) in [4.78, 5) is 25.3. The van der Waals surface area contributed by atoms with E-state index in [0.29, 0.717) is 5.69 Å². The fourth-order valence-electron chi connectivity index (χ4n) is 2.13. The summed E-state index contributed by atoms with van der Waals surface area (Å²) in [6.45, 7) is -0.150. The lowest BCUT2D eigenvalue weighted by molar-refractivity contribution is -0.127. The zero-order valence-corrected chi connectivity index (χ0v) is 14.0. The molecule has 0 saturated heterocycles. The van der Waals surface area contributed by atoms with E-state index in [4.69, 9.17) is 0 Å². The van der Waals surface area contributed by atoms with Gasteiger partial charge in [-0.25, -0.2) is 8.78 Å². The van der Waals surface area contributed by atoms with Crippen LogP contribution in [0.3, 0.4) is 0 Å². The molecule has 2 rings (SSSR count). The fourth-order valence-corrected chi connectivity index (χ4v) is 2.13. The van der Waals surface area contributed by atoms with Crippen molar-refractivity contribution in [1.82, 2.24) is 4.90 Å². The smallest absolute Gasteiger partial charge is 0.243 e. The number of hydrogen-bond donors (Lipinski definition) is 2. The maximum absolute atomic E-state index is 13.5. The molecular weight excluding hydrogens is 328 g/mol. The number of benzene rings is 2. The summed E-state index contributed by atoms with van der Waals surface area (Å²) in [5.41, 5.74) is 1.15. The van der Waals surface area contributed by atoms with Gasteiger partial charge in [0.05, 0.1) is 18.7 Å². The van der Waals surface area contributed by atoms with E-state index in [9.17, 15) is 18.4 Å². The Labute approximate surface area is 144 Å². The van der Waals surface area contributed by atoms with Crippen molar-refractivity contribution in [2.24, 2.45) is 0 Å². The Morgan fingerprint density at radius 1 is 1.04 bits per heavy atom. The Morgan fingerprint density at radius 3 is 2.48 bits per heavy atom. The zero-order valence-electron chi connectivity index (χ0n) is 14.0. The zero-order chi connectivity index (χ0) is 18.4. The molecule has 2 N–H and O–H groups in total. The maximum Gasteiger partial charge on any atom is 0.243 e. The van der Waals surface area contributed by atoms with Gasteiger partial charge in [0.2, 0.25) is 11.8 Å². The Balaban J connectivity index is 2.00. The second-order valence-corrected chi connectivity index (χ2v) is 5.65. The topological polar surface area (TPSA) is 61.4 Å². The number of amides is 2. The summed E-state index contributed by atoms with van der Waals surface area (Å²) in [6, 6.07) is 9.93. The van der Waals surface area contributed by atoms with Crippen LogP contribution in [0.1, 0.15) is 5.56 Å². The molecule has 0 saturated carbocycles. The number of nitrogens with one attached hydrogen (secondary N) is 2. The minimum absolute atomic E-state index is 0.0690. The van der Waals surface area contributed by atoms with Gasteiger partial charge >= 0.3 is 0 Å². The van der Waals surface area contributed by atoms with Gasteiger partial charge in [0, 0.05) is 25.8 Å². The first-order valence-electron chi connectivity index (χ1n) is 7.63. The molecule has 0 spiro atoms. The first kappa shape index (κ1) is 18.4. The molecule has 0 heterocycles. The molecule has 5 nitrogen and oxygen atoms in total. The van der Waals surface area contributed by atoms with Gasteiger partial charge in [-0.2, -0.15) is 0 Å². The first-order chi connectivity index (χ1) is 11.9. The van der Waals surface area contributed by atoms with E-state index in [1.807, 2.05) is 0 Å². The second-order valence-electron chi connectivity index (χ2n) is 5.65. The van der Waals surface area contributed by atoms with E-state index in [1.54, 1.807) is 38.4 Å². The molecule has 0 aliphatic heterocycles. The number of rotatable bonds is 6. The minimum atomic E-state index is -0.716. The Kier molecular flexibility index (Phi) is 6.05. The molecule has 2 aromatic carbocycles. The van der Waals surface area contributed by atoms with Crippen molar-refractivity contribution < 1.29 is 18.4 Å². The molecule has 0 aliphatic rings. The number of carbonyl (C=O) groups excluding carboxylic acids is 2. The molecule has 132 valence electrons. The summed E-state index contributed by atoms with van der Waals surface area (Å²) in [6.07, 6.45) is 0.191. The van der Waals surface area contributed by atoms with Gasteiger partial charge in [0.25, 0.3) is 0 Å². The van der Waals surface area contributed by atoms with Crippen LogP contribution in [-0.2, 0) is 16.0 Å². The molecule has 0 radical (unpaired) electrons. The monoisotopic (exact) mass is 347 g/mol. The molecule has 2 aromatic rings. The van der Waals surface area contributed by atoms with Crippen molar-refractivity contribution in [3.63, 3.8) is 0 Å². The van der Waals surface area contributed by atoms with Crippen LogP contribution < -0.4 is 10.6 Å². The predicted molar refractivity (Wildman–Crippen MR) is 92.3 cm³/mol. The molecule has 0 aliphatic carbocycles. The quantitative estimate of drug-likeness (QED) is 0.844. The fraction of sp³-hybridized carbons (Fsp3) is 0.222. The third kappa shape index (κ3) is 5.27. The van der Waals surface area contributed by atoms with Gasteiger partial charge in [-0.15, -0.1) is 0 Å². The molecular formula is C18H19F2N3O2. The summed E-state index contributed by atoms with van der Waals surface area (Å²) >= 11 is 0. The Morgan fingerprint density at radius 2 is 1.76 bits per heavy atom. The maximum atomic E-state index is 13.5. The molecule has 0 bridgehead atoms. The van der Waals surface area contributed by atoms with Crippen LogP contribution in [0.2, 0.25) is 0 Å². The third-order valence-corrected chi connectivity index (χ3v) is 3.50. The van der Waals surface area contributed by atoms with Crippen LogP contribution in [0.25, 0.3) is 0 Å². The van der Waals surface area contributed by atoms with Gasteiger partial charge in [-0.1, -0.05) is 18.2 Å². The van der Waals surface area contributed by atoms with Crippen LogP contribution in [-0.4, -0.2) is 37.4 Å². The van der Waals surface area contributed by atoms with Gasteiger partial charge in [-0.3, -0.25) is 9.59 Å². The molecule has 0 atom stereocenters. The lowest BCUT2D eigenvalue weighted by atomic mass is 10.1. The molecule has 0 unspecified atom stereocenters. The van der Waals surface area contributed by atoms with Crippen molar-refractivity contribution in [3.05, 3.63) is 59.7 Å². The Hall–Kier alpha value is -2.96. The van der Waals surface area contributed by atoms with E-state index >= 15 is 0 Å². The van der Waals surface area contributed by atoms with Crippen molar-refractivity contribution in [2.45, 2.75) is 6.42 Å². The summed E-state index contributed by atoms with van der Waals surface area (Å²) in [7, 11) is 3.33. The van der Waals surface area contributed by atoms with Crippen molar-refractivity contribution in [1.29, 1.82) is 0 Å². The molecule has 7 heteroatoms. The molecule has 2 amide bonds. The van der Waals surface area contributed by atoms with Crippen LogP contribution in [0.4, 0.5) is 20.2 Å². The Bertz CT molecular complexity index is 779. The molecule has 0 fully saturated rings. The lowest BCUT2D eigenvalue weighted by Gasteiger charge is -2.14. The second kappa shape index (κ2) is 8.23. The largest absolute Gasteiger partial charge is 0.376 e. The highest BCUT2D eigenvalue weighted by atomic mass is 19.1. The number of hydrogen-bond acceptors (Lipinski definition) is 3.